The molecule has 26 heavy (non-hydrogen) atoms. The number of halogens is 1. The van der Waals surface area contributed by atoms with Crippen molar-refractivity contribution < 1.29 is 17.7 Å². The van der Waals surface area contributed by atoms with Crippen LogP contribution in [0.2, 0.25) is 0 Å². The van der Waals surface area contributed by atoms with E-state index in [0.29, 0.717) is 10.3 Å². The maximum absolute atomic E-state index is 12.5. The summed E-state index contributed by atoms with van der Waals surface area (Å²) in [5, 5.41) is 3.88. The Hall–Kier alpha value is -2.23. The van der Waals surface area contributed by atoms with Crippen LogP contribution in [0.5, 0.6) is 5.75 Å². The average Bonchev–Trinajstić information content (AvgIpc) is 3.10. The van der Waals surface area contributed by atoms with Crippen LogP contribution < -0.4 is 9.46 Å². The van der Waals surface area contributed by atoms with Crippen molar-refractivity contribution in [2.45, 2.75) is 18.4 Å². The fourth-order valence-electron chi connectivity index (χ4n) is 2.24. The monoisotopic (exact) mass is 437 g/mol. The zero-order chi connectivity index (χ0) is 18.7. The van der Waals surface area contributed by atoms with Crippen molar-refractivity contribution in [3.8, 4) is 17.1 Å². The summed E-state index contributed by atoms with van der Waals surface area (Å²) >= 11 is 3.26. The Kier molecular flexibility index (Phi) is 5.40. The van der Waals surface area contributed by atoms with Gasteiger partial charge in [0.2, 0.25) is 21.7 Å². The Morgan fingerprint density at radius 2 is 1.92 bits per heavy atom. The highest BCUT2D eigenvalue weighted by atomic mass is 79.9. The van der Waals surface area contributed by atoms with Gasteiger partial charge in [0, 0.05) is 10.0 Å². The van der Waals surface area contributed by atoms with Crippen LogP contribution in [0.3, 0.4) is 0 Å². The number of ether oxygens (including phenoxy) is 1. The molecule has 0 radical (unpaired) electrons. The van der Waals surface area contributed by atoms with Gasteiger partial charge in [0.25, 0.3) is 0 Å². The topological polar surface area (TPSA) is 94.3 Å². The minimum atomic E-state index is -3.82. The van der Waals surface area contributed by atoms with Crippen LogP contribution in [-0.4, -0.2) is 25.7 Å². The van der Waals surface area contributed by atoms with Gasteiger partial charge in [-0.2, -0.15) is 4.98 Å². The third kappa shape index (κ3) is 4.12. The number of nitrogens with one attached hydrogen (secondary N) is 1. The molecule has 0 saturated heterocycles. The maximum Gasteiger partial charge on any atom is 0.244 e. The fraction of sp³-hybridized carbons (Fsp3) is 0.176. The van der Waals surface area contributed by atoms with Gasteiger partial charge >= 0.3 is 0 Å². The number of rotatable bonds is 6. The molecule has 1 aromatic heterocycles. The van der Waals surface area contributed by atoms with E-state index < -0.39 is 10.0 Å². The highest BCUT2D eigenvalue weighted by Crippen LogP contribution is 2.27. The van der Waals surface area contributed by atoms with E-state index >= 15 is 0 Å². The molecule has 1 heterocycles. The van der Waals surface area contributed by atoms with E-state index in [4.69, 9.17) is 9.26 Å². The molecule has 0 amide bonds. The second-order valence-electron chi connectivity index (χ2n) is 5.50. The van der Waals surface area contributed by atoms with Gasteiger partial charge in [-0.25, -0.2) is 13.1 Å². The summed E-state index contributed by atoms with van der Waals surface area (Å²) in [6.07, 6.45) is 0. The molecule has 2 aromatic carbocycles. The van der Waals surface area contributed by atoms with Gasteiger partial charge < -0.3 is 9.26 Å². The molecule has 7 nitrogen and oxygen atoms in total. The second-order valence-corrected chi connectivity index (χ2v) is 8.15. The summed E-state index contributed by atoms with van der Waals surface area (Å²) < 4.78 is 38.4. The first kappa shape index (κ1) is 18.6. The zero-order valence-corrected chi connectivity index (χ0v) is 16.5. The summed E-state index contributed by atoms with van der Waals surface area (Å²) in [6.45, 7) is 1.85. The number of methoxy groups -OCH3 is 1. The van der Waals surface area contributed by atoms with Gasteiger partial charge in [-0.1, -0.05) is 50.9 Å². The van der Waals surface area contributed by atoms with Crippen molar-refractivity contribution in [3.05, 3.63) is 58.4 Å². The number of sulfonamides is 1. The molecule has 3 aromatic rings. The maximum atomic E-state index is 12.5. The molecule has 1 N–H and O–H groups in total. The number of hydrogen-bond acceptors (Lipinski definition) is 6. The Bertz CT molecular complexity index is 1020. The summed E-state index contributed by atoms with van der Waals surface area (Å²) in [5.74, 6) is 0.809. The van der Waals surface area contributed by atoms with Gasteiger partial charge in [-0.05, 0) is 25.1 Å². The molecular formula is C17H16BrN3O4S. The van der Waals surface area contributed by atoms with Crippen LogP contribution in [0.1, 0.15) is 11.5 Å². The Balaban J connectivity index is 1.77. The Labute approximate surface area is 159 Å². The number of aromatic nitrogens is 2. The summed E-state index contributed by atoms with van der Waals surface area (Å²) in [6, 6.07) is 12.4. The normalized spacial score (nSPS) is 11.5. The van der Waals surface area contributed by atoms with Crippen LogP contribution >= 0.6 is 15.9 Å². The number of nitrogens with zero attached hydrogens (tertiary/aromatic N) is 2. The van der Waals surface area contributed by atoms with Gasteiger partial charge in [0.05, 0.1) is 13.7 Å². The standard InChI is InChI=1S/C17H16BrN3O4S/c1-11-3-5-12(6-4-11)17-20-16(25-21-17)10-19-26(22,23)15-9-13(18)7-8-14(15)24-2/h3-9,19H,10H2,1-2H3. The van der Waals surface area contributed by atoms with Crippen LogP contribution in [0, 0.1) is 6.92 Å². The van der Waals surface area contributed by atoms with E-state index in [2.05, 4.69) is 30.8 Å². The molecule has 0 aliphatic heterocycles. The summed E-state index contributed by atoms with van der Waals surface area (Å²) in [4.78, 5) is 4.24. The van der Waals surface area contributed by atoms with E-state index in [1.807, 2.05) is 31.2 Å². The predicted octanol–water partition coefficient (Wildman–Crippen LogP) is 3.29. The van der Waals surface area contributed by atoms with Crippen molar-refractivity contribution in [2.75, 3.05) is 7.11 Å². The van der Waals surface area contributed by atoms with Crippen LogP contribution in [-0.2, 0) is 16.6 Å². The lowest BCUT2D eigenvalue weighted by atomic mass is 10.1. The van der Waals surface area contributed by atoms with Crippen molar-refractivity contribution in [3.63, 3.8) is 0 Å². The lowest BCUT2D eigenvalue weighted by Gasteiger charge is -2.10. The summed E-state index contributed by atoms with van der Waals surface area (Å²) in [7, 11) is -2.41. The largest absolute Gasteiger partial charge is 0.495 e. The van der Waals surface area contributed by atoms with E-state index in [-0.39, 0.29) is 23.1 Å². The lowest BCUT2D eigenvalue weighted by molar-refractivity contribution is 0.375. The number of hydrogen-bond donors (Lipinski definition) is 1. The van der Waals surface area contributed by atoms with Crippen molar-refractivity contribution in [1.29, 1.82) is 0 Å². The second kappa shape index (κ2) is 7.56. The number of benzene rings is 2. The highest BCUT2D eigenvalue weighted by molar-refractivity contribution is 9.10. The van der Waals surface area contributed by atoms with Gasteiger partial charge in [-0.3, -0.25) is 0 Å². The smallest absolute Gasteiger partial charge is 0.244 e. The summed E-state index contributed by atoms with van der Waals surface area (Å²) in [5.41, 5.74) is 1.91. The molecule has 0 unspecified atom stereocenters. The third-order valence-electron chi connectivity index (χ3n) is 3.61. The van der Waals surface area contributed by atoms with E-state index in [1.165, 1.54) is 13.2 Å². The highest BCUT2D eigenvalue weighted by Gasteiger charge is 2.21. The van der Waals surface area contributed by atoms with Gasteiger partial charge in [0.1, 0.15) is 10.6 Å². The SMILES string of the molecule is COc1ccc(Br)cc1S(=O)(=O)NCc1nc(-c2ccc(C)cc2)no1. The van der Waals surface area contributed by atoms with E-state index in [9.17, 15) is 8.42 Å². The first-order valence-corrected chi connectivity index (χ1v) is 9.89. The average molecular weight is 438 g/mol. The van der Waals surface area contributed by atoms with Gasteiger partial charge in [0.15, 0.2) is 0 Å². The molecule has 0 aliphatic carbocycles. The van der Waals surface area contributed by atoms with Crippen LogP contribution in [0.4, 0.5) is 0 Å². The molecule has 0 saturated carbocycles. The van der Waals surface area contributed by atoms with Crippen molar-refractivity contribution in [2.24, 2.45) is 0 Å². The lowest BCUT2D eigenvalue weighted by Crippen LogP contribution is -2.24. The van der Waals surface area contributed by atoms with Crippen molar-refractivity contribution >= 4 is 26.0 Å². The minimum absolute atomic E-state index is 0.0210. The molecular weight excluding hydrogens is 422 g/mol. The molecule has 0 atom stereocenters. The van der Waals surface area contributed by atoms with Crippen LogP contribution in [0.25, 0.3) is 11.4 Å². The first-order chi connectivity index (χ1) is 12.4. The minimum Gasteiger partial charge on any atom is -0.495 e. The molecule has 0 bridgehead atoms. The Morgan fingerprint density at radius 1 is 1.19 bits per heavy atom. The molecule has 9 heteroatoms. The Morgan fingerprint density at radius 3 is 2.62 bits per heavy atom. The van der Waals surface area contributed by atoms with E-state index in [1.54, 1.807) is 12.1 Å². The molecule has 3 rings (SSSR count). The van der Waals surface area contributed by atoms with Crippen molar-refractivity contribution in [1.82, 2.24) is 14.9 Å². The zero-order valence-electron chi connectivity index (χ0n) is 14.1. The predicted molar refractivity (Wildman–Crippen MR) is 99.2 cm³/mol. The molecule has 0 fully saturated rings. The molecule has 0 aliphatic rings. The molecule has 136 valence electrons. The quantitative estimate of drug-likeness (QED) is 0.635. The van der Waals surface area contributed by atoms with Crippen LogP contribution in [0.15, 0.2) is 56.4 Å². The fourth-order valence-corrected chi connectivity index (χ4v) is 3.92. The third-order valence-corrected chi connectivity index (χ3v) is 5.52. The molecule has 0 spiro atoms. The van der Waals surface area contributed by atoms with Gasteiger partial charge in [-0.15, -0.1) is 0 Å². The number of aryl methyl sites for hydroxylation is 1. The van der Waals surface area contributed by atoms with E-state index in [0.717, 1.165) is 11.1 Å². The first-order valence-electron chi connectivity index (χ1n) is 7.62.